The first kappa shape index (κ1) is 6.16. The van der Waals surface area contributed by atoms with Crippen molar-refractivity contribution in [2.24, 2.45) is 0 Å². The summed E-state index contributed by atoms with van der Waals surface area (Å²) in [5, 5.41) is 8.40. The first-order valence-electron chi connectivity index (χ1n) is 2.18. The molecule has 0 aromatic carbocycles. The summed E-state index contributed by atoms with van der Waals surface area (Å²) >= 11 is 5.36. The summed E-state index contributed by atoms with van der Waals surface area (Å²) in [6.07, 6.45) is 1.23. The molecule has 0 radical (unpaired) electrons. The van der Waals surface area contributed by atoms with Crippen molar-refractivity contribution in [3.8, 4) is 0 Å². The van der Waals surface area contributed by atoms with Gasteiger partial charge in [0.1, 0.15) is 0 Å². The molecule has 9 heavy (non-hydrogen) atoms. The molecule has 0 atom stereocenters. The minimum Gasteiger partial charge on any atom is -0.475 e. The summed E-state index contributed by atoms with van der Waals surface area (Å²) in [4.78, 5) is 10.1. The third-order valence-corrected chi connectivity index (χ3v) is 1.11. The van der Waals surface area contributed by atoms with Gasteiger partial charge in [0, 0.05) is 0 Å². The number of rotatable bonds is 1. The van der Waals surface area contributed by atoms with E-state index in [0.29, 0.717) is 0 Å². The van der Waals surface area contributed by atoms with Crippen molar-refractivity contribution < 1.29 is 14.3 Å². The van der Waals surface area contributed by atoms with Crippen molar-refractivity contribution in [3.63, 3.8) is 0 Å². The summed E-state index contributed by atoms with van der Waals surface area (Å²) in [7, 11) is 0. The van der Waals surface area contributed by atoms with Crippen molar-refractivity contribution in [2.75, 3.05) is 0 Å². The highest BCUT2D eigenvalue weighted by Gasteiger charge is 2.10. The van der Waals surface area contributed by atoms with Gasteiger partial charge < -0.3 is 9.52 Å². The van der Waals surface area contributed by atoms with Crippen LogP contribution in [0, 0.1) is 0 Å². The molecule has 1 rings (SSSR count). The lowest BCUT2D eigenvalue weighted by Gasteiger charge is -1.83. The molecule has 48 valence electrons. The zero-order chi connectivity index (χ0) is 6.85. The van der Waals surface area contributed by atoms with Crippen LogP contribution in [0.4, 0.5) is 0 Å². The number of hydrogen-bond donors (Lipinski definition) is 1. The monoisotopic (exact) mass is 146 g/mol. The van der Waals surface area contributed by atoms with Crippen LogP contribution in [0.15, 0.2) is 16.7 Å². The second-order valence-electron chi connectivity index (χ2n) is 1.40. The van der Waals surface area contributed by atoms with Gasteiger partial charge >= 0.3 is 5.97 Å². The molecule has 0 amide bonds. The van der Waals surface area contributed by atoms with E-state index in [9.17, 15) is 4.79 Å². The van der Waals surface area contributed by atoms with Gasteiger partial charge in [-0.2, -0.15) is 0 Å². The molecule has 4 heteroatoms. The van der Waals surface area contributed by atoms with Crippen LogP contribution in [0.3, 0.4) is 0 Å². The van der Waals surface area contributed by atoms with E-state index < -0.39 is 5.97 Å². The highest BCUT2D eigenvalue weighted by molar-refractivity contribution is 6.33. The SMILES string of the molecule is O=C(O)c1occc1Cl. The number of carbonyl (C=O) groups is 1. The van der Waals surface area contributed by atoms with Crippen molar-refractivity contribution in [2.45, 2.75) is 0 Å². The standard InChI is InChI=1S/C5H3ClO3/c6-3-1-2-9-4(3)5(7)8/h1-2H,(H,7,8). The van der Waals surface area contributed by atoms with Crippen LogP contribution < -0.4 is 0 Å². The van der Waals surface area contributed by atoms with Crippen LogP contribution in [0.5, 0.6) is 0 Å². The van der Waals surface area contributed by atoms with E-state index >= 15 is 0 Å². The first-order chi connectivity index (χ1) is 4.22. The van der Waals surface area contributed by atoms with E-state index in [1.165, 1.54) is 12.3 Å². The summed E-state index contributed by atoms with van der Waals surface area (Å²) in [6.45, 7) is 0. The molecule has 0 aliphatic heterocycles. The number of hydrogen-bond acceptors (Lipinski definition) is 2. The Balaban J connectivity index is 3.08. The number of halogens is 1. The first-order valence-corrected chi connectivity index (χ1v) is 2.56. The molecule has 0 bridgehead atoms. The molecule has 3 nitrogen and oxygen atoms in total. The van der Waals surface area contributed by atoms with Gasteiger partial charge in [-0.3, -0.25) is 0 Å². The molecular weight excluding hydrogens is 144 g/mol. The predicted molar refractivity (Wildman–Crippen MR) is 30.7 cm³/mol. The smallest absolute Gasteiger partial charge is 0.373 e. The fourth-order valence-electron chi connectivity index (χ4n) is 0.446. The number of carboxylic acid groups (broad SMARTS) is 1. The van der Waals surface area contributed by atoms with E-state index in [1.54, 1.807) is 0 Å². The van der Waals surface area contributed by atoms with E-state index in [0.717, 1.165) is 0 Å². The molecular formula is C5H3ClO3. The molecule has 0 spiro atoms. The molecule has 0 saturated heterocycles. The minimum atomic E-state index is -1.15. The summed E-state index contributed by atoms with van der Waals surface area (Å²) in [6, 6.07) is 1.38. The van der Waals surface area contributed by atoms with Gasteiger partial charge in [0.2, 0.25) is 5.76 Å². The van der Waals surface area contributed by atoms with Crippen LogP contribution in [0.1, 0.15) is 10.6 Å². The van der Waals surface area contributed by atoms with Crippen molar-refractivity contribution >= 4 is 17.6 Å². The van der Waals surface area contributed by atoms with Crippen molar-refractivity contribution in [3.05, 3.63) is 23.1 Å². The normalized spacial score (nSPS) is 9.44. The molecule has 0 saturated carbocycles. The van der Waals surface area contributed by atoms with E-state index in [4.69, 9.17) is 16.7 Å². The Labute approximate surface area is 55.8 Å². The summed E-state index contributed by atoms with van der Waals surface area (Å²) in [5.41, 5.74) is 0. The molecule has 1 heterocycles. The highest BCUT2D eigenvalue weighted by Crippen LogP contribution is 2.15. The minimum absolute atomic E-state index is 0.127. The van der Waals surface area contributed by atoms with Gasteiger partial charge in [0.25, 0.3) is 0 Å². The number of furan rings is 1. The zero-order valence-electron chi connectivity index (χ0n) is 4.30. The molecule has 0 aliphatic carbocycles. The fraction of sp³-hybridized carbons (Fsp3) is 0. The lowest BCUT2D eigenvalue weighted by atomic mass is 10.5. The van der Waals surface area contributed by atoms with Crippen molar-refractivity contribution in [1.82, 2.24) is 0 Å². The Hall–Kier alpha value is -0.960. The fourth-order valence-corrected chi connectivity index (χ4v) is 0.623. The van der Waals surface area contributed by atoms with Gasteiger partial charge in [-0.15, -0.1) is 0 Å². The predicted octanol–water partition coefficient (Wildman–Crippen LogP) is 1.63. The van der Waals surface area contributed by atoms with E-state index in [2.05, 4.69) is 4.42 Å². The van der Waals surface area contributed by atoms with Gasteiger partial charge in [-0.1, -0.05) is 11.6 Å². The molecule has 1 aromatic heterocycles. The van der Waals surface area contributed by atoms with Gasteiger partial charge in [-0.05, 0) is 6.07 Å². The third kappa shape index (κ3) is 1.05. The van der Waals surface area contributed by atoms with Crippen LogP contribution in [-0.4, -0.2) is 11.1 Å². The topological polar surface area (TPSA) is 50.4 Å². The Kier molecular flexibility index (Phi) is 1.44. The maximum atomic E-state index is 10.1. The van der Waals surface area contributed by atoms with Crippen molar-refractivity contribution in [1.29, 1.82) is 0 Å². The largest absolute Gasteiger partial charge is 0.475 e. The van der Waals surface area contributed by atoms with Crippen LogP contribution in [0.25, 0.3) is 0 Å². The zero-order valence-corrected chi connectivity index (χ0v) is 5.05. The Morgan fingerprint density at radius 3 is 2.67 bits per heavy atom. The second-order valence-corrected chi connectivity index (χ2v) is 1.81. The lowest BCUT2D eigenvalue weighted by molar-refractivity contribution is 0.0662. The lowest BCUT2D eigenvalue weighted by Crippen LogP contribution is -1.92. The average molecular weight is 147 g/mol. The Morgan fingerprint density at radius 1 is 1.78 bits per heavy atom. The highest BCUT2D eigenvalue weighted by atomic mass is 35.5. The summed E-state index contributed by atoms with van der Waals surface area (Å²) in [5.74, 6) is -1.36. The quantitative estimate of drug-likeness (QED) is 0.655. The number of carboxylic acids is 1. The second kappa shape index (κ2) is 2.11. The van der Waals surface area contributed by atoms with E-state index in [-0.39, 0.29) is 10.8 Å². The third-order valence-electron chi connectivity index (χ3n) is 0.811. The maximum absolute atomic E-state index is 10.1. The maximum Gasteiger partial charge on any atom is 0.373 e. The molecule has 0 aliphatic rings. The molecule has 1 N–H and O–H groups in total. The van der Waals surface area contributed by atoms with Crippen LogP contribution >= 0.6 is 11.6 Å². The van der Waals surface area contributed by atoms with Gasteiger partial charge in [0.05, 0.1) is 11.3 Å². The summed E-state index contributed by atoms with van der Waals surface area (Å²) < 4.78 is 4.49. The number of aromatic carboxylic acids is 1. The van der Waals surface area contributed by atoms with Crippen LogP contribution in [-0.2, 0) is 0 Å². The molecule has 0 fully saturated rings. The van der Waals surface area contributed by atoms with E-state index in [1.807, 2.05) is 0 Å². The average Bonchev–Trinajstić information content (AvgIpc) is 2.13. The Bertz CT molecular complexity index is 228. The van der Waals surface area contributed by atoms with Gasteiger partial charge in [0.15, 0.2) is 0 Å². The van der Waals surface area contributed by atoms with Gasteiger partial charge in [-0.25, -0.2) is 4.79 Å². The Morgan fingerprint density at radius 2 is 2.44 bits per heavy atom. The molecule has 0 unspecified atom stereocenters. The van der Waals surface area contributed by atoms with Crippen LogP contribution in [0.2, 0.25) is 5.02 Å². The molecule has 1 aromatic rings.